The normalized spacial score (nSPS) is 17.2. The van der Waals surface area contributed by atoms with Crippen molar-refractivity contribution in [1.29, 1.82) is 0 Å². The molecule has 9 heteroatoms. The van der Waals surface area contributed by atoms with Crippen molar-refractivity contribution in [1.82, 2.24) is 19.8 Å². The zero-order valence-corrected chi connectivity index (χ0v) is 20.0. The Morgan fingerprint density at radius 3 is 2.47 bits per heavy atom. The molecule has 0 bridgehead atoms. The summed E-state index contributed by atoms with van der Waals surface area (Å²) in [7, 11) is 0. The molecule has 182 valence electrons. The van der Waals surface area contributed by atoms with E-state index in [1.165, 1.54) is 18.2 Å². The highest BCUT2D eigenvalue weighted by molar-refractivity contribution is 7.80. The Balaban J connectivity index is 1.46. The Hall–Kier alpha value is -4.11. The predicted octanol–water partition coefficient (Wildman–Crippen LogP) is 5.15. The summed E-state index contributed by atoms with van der Waals surface area (Å²) in [5.74, 6) is -1.19. The fourth-order valence-electron chi connectivity index (χ4n) is 4.47. The fraction of sp³-hybridized carbons (Fsp3) is 0.148. The van der Waals surface area contributed by atoms with Gasteiger partial charge in [0, 0.05) is 31.1 Å². The van der Waals surface area contributed by atoms with Crippen molar-refractivity contribution in [3.8, 4) is 5.69 Å². The minimum atomic E-state index is -0.500. The number of amides is 1. The number of benzene rings is 2. The Morgan fingerprint density at radius 1 is 0.972 bits per heavy atom. The summed E-state index contributed by atoms with van der Waals surface area (Å²) < 4.78 is 30.5. The van der Waals surface area contributed by atoms with E-state index in [0.29, 0.717) is 10.8 Å². The molecule has 4 aromatic rings. The first-order valence-electron chi connectivity index (χ1n) is 11.5. The van der Waals surface area contributed by atoms with Crippen LogP contribution in [0.2, 0.25) is 0 Å². The van der Waals surface area contributed by atoms with Gasteiger partial charge in [0.2, 0.25) is 5.91 Å². The van der Waals surface area contributed by atoms with Crippen molar-refractivity contribution in [3.63, 3.8) is 0 Å². The van der Waals surface area contributed by atoms with Crippen LogP contribution in [0.15, 0.2) is 91.3 Å². The maximum atomic E-state index is 14.7. The van der Waals surface area contributed by atoms with E-state index in [-0.39, 0.29) is 42.5 Å². The number of carbonyl (C=O) groups is 1. The standard InChI is InChI=1S/C27H23F2N5OS/c28-18-8-1-3-10-20(18)31-24(35)14-17-34-26(25(32-27(34)36)21-11-5-6-15-30-21)23-13-7-16-33(23)22-12-4-2-9-19(22)29/h1-13,15-16,25-26H,14,17H2,(H,31,35)(H,32,36)/t25-,26+/m0/s1. The molecule has 1 saturated heterocycles. The molecule has 1 aliphatic heterocycles. The highest BCUT2D eigenvalue weighted by Gasteiger charge is 2.41. The monoisotopic (exact) mass is 503 g/mol. The van der Waals surface area contributed by atoms with Gasteiger partial charge in [-0.15, -0.1) is 0 Å². The molecule has 36 heavy (non-hydrogen) atoms. The lowest BCUT2D eigenvalue weighted by molar-refractivity contribution is -0.116. The molecular formula is C27H23F2N5OS. The molecule has 2 N–H and O–H groups in total. The summed E-state index contributed by atoms with van der Waals surface area (Å²) in [5, 5.41) is 6.40. The molecule has 6 nitrogen and oxygen atoms in total. The Labute approximate surface area is 212 Å². The molecule has 1 aliphatic rings. The van der Waals surface area contributed by atoms with E-state index in [1.807, 2.05) is 35.2 Å². The molecule has 5 rings (SSSR count). The van der Waals surface area contributed by atoms with Crippen molar-refractivity contribution in [2.75, 3.05) is 11.9 Å². The van der Waals surface area contributed by atoms with Gasteiger partial charge in [0.1, 0.15) is 11.6 Å². The van der Waals surface area contributed by atoms with Crippen LogP contribution in [0.1, 0.15) is 29.9 Å². The van der Waals surface area contributed by atoms with Gasteiger partial charge in [-0.3, -0.25) is 9.78 Å². The first-order chi connectivity index (χ1) is 17.5. The largest absolute Gasteiger partial charge is 0.352 e. The maximum absolute atomic E-state index is 14.7. The van der Waals surface area contributed by atoms with E-state index in [1.54, 1.807) is 47.3 Å². The second-order valence-corrected chi connectivity index (χ2v) is 8.74. The Kier molecular flexibility index (Phi) is 6.73. The number of halogens is 2. The van der Waals surface area contributed by atoms with Crippen LogP contribution in [-0.4, -0.2) is 32.0 Å². The first kappa shape index (κ1) is 23.6. The number of nitrogens with zero attached hydrogens (tertiary/aromatic N) is 3. The van der Waals surface area contributed by atoms with Crippen LogP contribution in [0.3, 0.4) is 0 Å². The van der Waals surface area contributed by atoms with Crippen LogP contribution in [0.4, 0.5) is 14.5 Å². The molecule has 0 saturated carbocycles. The second kappa shape index (κ2) is 10.2. The summed E-state index contributed by atoms with van der Waals surface area (Å²) in [5.41, 5.74) is 2.09. The first-order valence-corrected chi connectivity index (χ1v) is 11.9. The van der Waals surface area contributed by atoms with E-state index in [0.717, 1.165) is 11.4 Å². The minimum Gasteiger partial charge on any atom is -0.352 e. The zero-order valence-electron chi connectivity index (χ0n) is 19.1. The van der Waals surface area contributed by atoms with Crippen molar-refractivity contribution in [2.24, 2.45) is 0 Å². The average molecular weight is 504 g/mol. The van der Waals surface area contributed by atoms with Gasteiger partial charge < -0.3 is 20.1 Å². The molecule has 3 heterocycles. The number of rotatable bonds is 7. The summed E-state index contributed by atoms with van der Waals surface area (Å²) >= 11 is 5.67. The summed E-state index contributed by atoms with van der Waals surface area (Å²) in [6.07, 6.45) is 3.58. The highest BCUT2D eigenvalue weighted by atomic mass is 32.1. The third-order valence-electron chi connectivity index (χ3n) is 6.12. The Morgan fingerprint density at radius 2 is 1.72 bits per heavy atom. The number of hydrogen-bond donors (Lipinski definition) is 2. The number of anilines is 1. The van der Waals surface area contributed by atoms with Gasteiger partial charge >= 0.3 is 0 Å². The van der Waals surface area contributed by atoms with Crippen LogP contribution >= 0.6 is 12.2 Å². The summed E-state index contributed by atoms with van der Waals surface area (Å²) in [6, 6.07) is 21.3. The SMILES string of the molecule is O=C(CCN1C(=S)N[C@@H](c2ccccn2)[C@H]1c1cccn1-c1ccccc1F)Nc1ccccc1F. The van der Waals surface area contributed by atoms with E-state index < -0.39 is 5.82 Å². The lowest BCUT2D eigenvalue weighted by Crippen LogP contribution is -2.33. The Bertz CT molecular complexity index is 1390. The molecule has 0 unspecified atom stereocenters. The second-order valence-electron chi connectivity index (χ2n) is 8.35. The third kappa shape index (κ3) is 4.70. The number of para-hydroxylation sites is 2. The molecule has 2 aromatic heterocycles. The van der Waals surface area contributed by atoms with Crippen LogP contribution in [0.25, 0.3) is 5.69 Å². The van der Waals surface area contributed by atoms with Crippen LogP contribution in [0, 0.1) is 11.6 Å². The van der Waals surface area contributed by atoms with Crippen molar-refractivity contribution in [2.45, 2.75) is 18.5 Å². The highest BCUT2D eigenvalue weighted by Crippen LogP contribution is 2.39. The topological polar surface area (TPSA) is 62.2 Å². The molecule has 2 aromatic carbocycles. The van der Waals surface area contributed by atoms with E-state index in [2.05, 4.69) is 15.6 Å². The van der Waals surface area contributed by atoms with Crippen molar-refractivity contribution in [3.05, 3.63) is 114 Å². The minimum absolute atomic E-state index is 0.0714. The lowest BCUT2D eigenvalue weighted by atomic mass is 10.0. The molecule has 2 atom stereocenters. The third-order valence-corrected chi connectivity index (χ3v) is 6.47. The van der Waals surface area contributed by atoms with Gasteiger partial charge in [0.05, 0.1) is 29.2 Å². The van der Waals surface area contributed by atoms with Crippen LogP contribution in [0.5, 0.6) is 0 Å². The van der Waals surface area contributed by atoms with Crippen LogP contribution in [-0.2, 0) is 4.79 Å². The lowest BCUT2D eigenvalue weighted by Gasteiger charge is -2.29. The molecule has 0 aliphatic carbocycles. The molecule has 1 fully saturated rings. The van der Waals surface area contributed by atoms with E-state index >= 15 is 0 Å². The van der Waals surface area contributed by atoms with Gasteiger partial charge in [-0.05, 0) is 60.7 Å². The van der Waals surface area contributed by atoms with Crippen molar-refractivity contribution >= 4 is 28.9 Å². The van der Waals surface area contributed by atoms with Gasteiger partial charge in [-0.25, -0.2) is 8.78 Å². The molecule has 1 amide bonds. The maximum Gasteiger partial charge on any atom is 0.226 e. The number of thiocarbonyl (C=S) groups is 1. The number of nitrogens with one attached hydrogen (secondary N) is 2. The number of hydrogen-bond acceptors (Lipinski definition) is 3. The predicted molar refractivity (Wildman–Crippen MR) is 138 cm³/mol. The van der Waals surface area contributed by atoms with E-state index in [4.69, 9.17) is 12.2 Å². The number of pyridine rings is 1. The van der Waals surface area contributed by atoms with Gasteiger partial charge in [0.25, 0.3) is 0 Å². The van der Waals surface area contributed by atoms with Gasteiger partial charge in [-0.1, -0.05) is 30.3 Å². The smallest absolute Gasteiger partial charge is 0.226 e. The zero-order chi connectivity index (χ0) is 25.1. The molecule has 0 radical (unpaired) electrons. The molecule has 0 spiro atoms. The number of carbonyl (C=O) groups excluding carboxylic acids is 1. The fourth-order valence-corrected chi connectivity index (χ4v) is 4.80. The van der Waals surface area contributed by atoms with Gasteiger partial charge in [-0.2, -0.15) is 0 Å². The quantitative estimate of drug-likeness (QED) is 0.342. The van der Waals surface area contributed by atoms with Crippen molar-refractivity contribution < 1.29 is 13.6 Å². The molecular weight excluding hydrogens is 480 g/mol. The number of aromatic nitrogens is 2. The van der Waals surface area contributed by atoms with E-state index in [9.17, 15) is 13.6 Å². The van der Waals surface area contributed by atoms with Crippen LogP contribution < -0.4 is 10.6 Å². The summed E-state index contributed by atoms with van der Waals surface area (Å²) in [6.45, 7) is 0.266. The summed E-state index contributed by atoms with van der Waals surface area (Å²) in [4.78, 5) is 19.1. The van der Waals surface area contributed by atoms with Gasteiger partial charge in [0.15, 0.2) is 5.11 Å². The average Bonchev–Trinajstić information content (AvgIpc) is 3.49.